The van der Waals surface area contributed by atoms with Crippen molar-refractivity contribution in [2.24, 2.45) is 11.7 Å². The van der Waals surface area contributed by atoms with Crippen molar-refractivity contribution in [2.45, 2.75) is 38.6 Å². The van der Waals surface area contributed by atoms with Gasteiger partial charge >= 0.3 is 0 Å². The molecule has 0 radical (unpaired) electrons. The molecule has 1 aromatic rings. The summed E-state index contributed by atoms with van der Waals surface area (Å²) >= 11 is 0. The average molecular weight is 246 g/mol. The molecular weight excluding hydrogens is 224 g/mol. The number of nitrogens with one attached hydrogen (secondary N) is 1. The molecule has 0 unspecified atom stereocenters. The highest BCUT2D eigenvalue weighted by Crippen LogP contribution is 2.24. The summed E-state index contributed by atoms with van der Waals surface area (Å²) in [4.78, 5) is 11.7. The number of carbonyl (C=O) groups excluding carboxylic acids is 1. The van der Waals surface area contributed by atoms with E-state index in [0.717, 1.165) is 25.8 Å². The fraction of sp³-hybridized carbons (Fsp3) is 0.533. The highest BCUT2D eigenvalue weighted by molar-refractivity contribution is 5.76. The summed E-state index contributed by atoms with van der Waals surface area (Å²) in [6, 6.07) is 8.68. The van der Waals surface area contributed by atoms with Gasteiger partial charge in [-0.05, 0) is 37.7 Å². The Morgan fingerprint density at radius 2 is 2.22 bits per heavy atom. The Morgan fingerprint density at radius 3 is 2.89 bits per heavy atom. The summed E-state index contributed by atoms with van der Waals surface area (Å²) < 4.78 is 0. The molecule has 1 fully saturated rings. The first kappa shape index (κ1) is 13.1. The standard InChI is InChI=1S/C15H22N2O/c1-11-3-2-4-12(7-11)5-6-15(18)17-10-13-8-14(16)9-13/h2-4,7,13-14H,5-6,8-10,16H2,1H3,(H,17,18). The Kier molecular flexibility index (Phi) is 4.37. The predicted octanol–water partition coefficient (Wildman–Crippen LogP) is 1.78. The van der Waals surface area contributed by atoms with Gasteiger partial charge in [-0.2, -0.15) is 0 Å². The zero-order chi connectivity index (χ0) is 13.0. The second-order valence-electron chi connectivity index (χ2n) is 5.39. The lowest BCUT2D eigenvalue weighted by Gasteiger charge is -2.32. The summed E-state index contributed by atoms with van der Waals surface area (Å²) in [6.07, 6.45) is 3.50. The Bertz CT molecular complexity index is 411. The highest BCUT2D eigenvalue weighted by Gasteiger charge is 2.25. The summed E-state index contributed by atoms with van der Waals surface area (Å²) in [5.74, 6) is 0.750. The number of aryl methyl sites for hydroxylation is 2. The SMILES string of the molecule is Cc1cccc(CCC(=O)NCC2CC(N)C2)c1. The van der Waals surface area contributed by atoms with Crippen LogP contribution in [0.1, 0.15) is 30.4 Å². The van der Waals surface area contributed by atoms with E-state index >= 15 is 0 Å². The van der Waals surface area contributed by atoms with E-state index in [1.54, 1.807) is 0 Å². The van der Waals surface area contributed by atoms with Crippen molar-refractivity contribution in [3.05, 3.63) is 35.4 Å². The largest absolute Gasteiger partial charge is 0.356 e. The Morgan fingerprint density at radius 1 is 1.44 bits per heavy atom. The molecule has 3 nitrogen and oxygen atoms in total. The lowest BCUT2D eigenvalue weighted by Crippen LogP contribution is -2.42. The van der Waals surface area contributed by atoms with Crippen LogP contribution < -0.4 is 11.1 Å². The summed E-state index contributed by atoms with van der Waals surface area (Å²) in [5.41, 5.74) is 8.19. The second-order valence-corrected chi connectivity index (χ2v) is 5.39. The van der Waals surface area contributed by atoms with Gasteiger partial charge in [-0.25, -0.2) is 0 Å². The van der Waals surface area contributed by atoms with Crippen LogP contribution in [-0.4, -0.2) is 18.5 Å². The molecule has 98 valence electrons. The maximum absolute atomic E-state index is 11.7. The summed E-state index contributed by atoms with van der Waals surface area (Å²) in [7, 11) is 0. The average Bonchev–Trinajstić information content (AvgIpc) is 2.31. The van der Waals surface area contributed by atoms with Crippen molar-refractivity contribution in [1.82, 2.24) is 5.32 Å². The van der Waals surface area contributed by atoms with Crippen LogP contribution in [0.25, 0.3) is 0 Å². The van der Waals surface area contributed by atoms with Crippen LogP contribution in [0.2, 0.25) is 0 Å². The lowest BCUT2D eigenvalue weighted by molar-refractivity contribution is -0.121. The van der Waals surface area contributed by atoms with E-state index in [2.05, 4.69) is 30.4 Å². The van der Waals surface area contributed by atoms with E-state index in [1.807, 2.05) is 6.07 Å². The monoisotopic (exact) mass is 246 g/mol. The molecule has 1 aliphatic rings. The van der Waals surface area contributed by atoms with Crippen LogP contribution in [0.3, 0.4) is 0 Å². The van der Waals surface area contributed by atoms with Gasteiger partial charge < -0.3 is 11.1 Å². The molecule has 3 heteroatoms. The van der Waals surface area contributed by atoms with Crippen LogP contribution in [0.5, 0.6) is 0 Å². The molecule has 18 heavy (non-hydrogen) atoms. The van der Waals surface area contributed by atoms with Crippen molar-refractivity contribution in [3.8, 4) is 0 Å². The van der Waals surface area contributed by atoms with Gasteiger partial charge in [0, 0.05) is 19.0 Å². The van der Waals surface area contributed by atoms with Gasteiger partial charge in [-0.15, -0.1) is 0 Å². The van der Waals surface area contributed by atoms with Crippen molar-refractivity contribution in [1.29, 1.82) is 0 Å². The highest BCUT2D eigenvalue weighted by atomic mass is 16.1. The number of hydrogen-bond donors (Lipinski definition) is 2. The molecule has 3 N–H and O–H groups in total. The molecule has 0 heterocycles. The maximum Gasteiger partial charge on any atom is 0.220 e. The van der Waals surface area contributed by atoms with Gasteiger partial charge in [-0.3, -0.25) is 4.79 Å². The first-order valence-corrected chi connectivity index (χ1v) is 6.71. The topological polar surface area (TPSA) is 55.1 Å². The fourth-order valence-electron chi connectivity index (χ4n) is 2.43. The van der Waals surface area contributed by atoms with Crippen LogP contribution >= 0.6 is 0 Å². The molecule has 1 aliphatic carbocycles. The summed E-state index contributed by atoms with van der Waals surface area (Å²) in [6.45, 7) is 2.86. The quantitative estimate of drug-likeness (QED) is 0.832. The van der Waals surface area contributed by atoms with E-state index in [1.165, 1.54) is 11.1 Å². The smallest absolute Gasteiger partial charge is 0.220 e. The van der Waals surface area contributed by atoms with Crippen LogP contribution in [0.15, 0.2) is 24.3 Å². The molecule has 0 atom stereocenters. The molecular formula is C15H22N2O. The van der Waals surface area contributed by atoms with E-state index < -0.39 is 0 Å². The van der Waals surface area contributed by atoms with Gasteiger partial charge in [0.2, 0.25) is 5.91 Å². The minimum absolute atomic E-state index is 0.150. The number of hydrogen-bond acceptors (Lipinski definition) is 2. The molecule has 0 aromatic heterocycles. The molecule has 1 aromatic carbocycles. The van der Waals surface area contributed by atoms with Crippen molar-refractivity contribution in [2.75, 3.05) is 6.54 Å². The number of nitrogens with two attached hydrogens (primary N) is 1. The van der Waals surface area contributed by atoms with Crippen molar-refractivity contribution in [3.63, 3.8) is 0 Å². The van der Waals surface area contributed by atoms with Gasteiger partial charge in [-0.1, -0.05) is 29.8 Å². The molecule has 0 saturated heterocycles. The van der Waals surface area contributed by atoms with Crippen LogP contribution in [-0.2, 0) is 11.2 Å². The van der Waals surface area contributed by atoms with E-state index in [9.17, 15) is 4.79 Å². The third-order valence-electron chi connectivity index (χ3n) is 3.58. The van der Waals surface area contributed by atoms with Gasteiger partial charge in [0.1, 0.15) is 0 Å². The Hall–Kier alpha value is -1.35. The molecule has 0 spiro atoms. The molecule has 2 rings (SSSR count). The van der Waals surface area contributed by atoms with Gasteiger partial charge in [0.25, 0.3) is 0 Å². The van der Waals surface area contributed by atoms with E-state index in [0.29, 0.717) is 18.4 Å². The first-order chi connectivity index (χ1) is 8.63. The Balaban J connectivity index is 1.65. The molecule has 0 aliphatic heterocycles. The predicted molar refractivity (Wildman–Crippen MR) is 73.2 cm³/mol. The molecule has 1 saturated carbocycles. The number of rotatable bonds is 5. The zero-order valence-electron chi connectivity index (χ0n) is 11.0. The third-order valence-corrected chi connectivity index (χ3v) is 3.58. The number of carbonyl (C=O) groups is 1. The summed E-state index contributed by atoms with van der Waals surface area (Å²) in [5, 5.41) is 3.00. The minimum Gasteiger partial charge on any atom is -0.356 e. The van der Waals surface area contributed by atoms with E-state index in [-0.39, 0.29) is 5.91 Å². The van der Waals surface area contributed by atoms with Crippen molar-refractivity contribution >= 4 is 5.91 Å². The lowest BCUT2D eigenvalue weighted by atomic mass is 9.81. The third kappa shape index (κ3) is 3.84. The minimum atomic E-state index is 0.150. The van der Waals surface area contributed by atoms with Gasteiger partial charge in [0.15, 0.2) is 0 Å². The van der Waals surface area contributed by atoms with E-state index in [4.69, 9.17) is 5.73 Å². The normalized spacial score (nSPS) is 22.3. The second kappa shape index (κ2) is 6.01. The van der Waals surface area contributed by atoms with Crippen molar-refractivity contribution < 1.29 is 4.79 Å². The maximum atomic E-state index is 11.7. The van der Waals surface area contributed by atoms with Crippen LogP contribution in [0.4, 0.5) is 0 Å². The fourth-order valence-corrected chi connectivity index (χ4v) is 2.43. The Labute approximate surface area is 109 Å². The first-order valence-electron chi connectivity index (χ1n) is 6.71. The van der Waals surface area contributed by atoms with Crippen LogP contribution in [0, 0.1) is 12.8 Å². The molecule has 0 bridgehead atoms. The molecule has 1 amide bonds. The number of benzene rings is 1. The van der Waals surface area contributed by atoms with Gasteiger partial charge in [0.05, 0.1) is 0 Å². The zero-order valence-corrected chi connectivity index (χ0v) is 11.0. The number of amides is 1.